The van der Waals surface area contributed by atoms with E-state index in [1.54, 1.807) is 0 Å². The van der Waals surface area contributed by atoms with Crippen molar-refractivity contribution in [2.75, 3.05) is 11.1 Å². The molecule has 0 fully saturated rings. The zero-order valence-corrected chi connectivity index (χ0v) is 11.8. The number of nitrogens with two attached hydrogens (primary N) is 1. The number of anilines is 2. The van der Waals surface area contributed by atoms with Crippen LogP contribution in [0.5, 0.6) is 0 Å². The summed E-state index contributed by atoms with van der Waals surface area (Å²) in [5, 5.41) is 3.22. The van der Waals surface area contributed by atoms with Crippen molar-refractivity contribution in [2.24, 2.45) is 0 Å². The first-order valence-electron chi connectivity index (χ1n) is 7.11. The van der Waals surface area contributed by atoms with E-state index in [-0.39, 0.29) is 6.04 Å². The van der Waals surface area contributed by atoms with E-state index in [0.717, 1.165) is 42.8 Å². The maximum Gasteiger partial charge on any atom is 0.417 e. The SMILES string of the molecule is Nc1ccc2c(c1)CCCC2Nc1ccc(C(F)(F)F)cn1. The van der Waals surface area contributed by atoms with Crippen LogP contribution in [0, 0.1) is 0 Å². The van der Waals surface area contributed by atoms with Gasteiger partial charge in [-0.2, -0.15) is 13.2 Å². The molecule has 1 unspecified atom stereocenters. The molecule has 116 valence electrons. The maximum absolute atomic E-state index is 12.5. The van der Waals surface area contributed by atoms with Gasteiger partial charge < -0.3 is 11.1 Å². The Kier molecular flexibility index (Phi) is 3.68. The molecule has 6 heteroatoms. The van der Waals surface area contributed by atoms with Crippen molar-refractivity contribution in [3.05, 3.63) is 53.2 Å². The molecule has 1 heterocycles. The van der Waals surface area contributed by atoms with E-state index in [0.29, 0.717) is 5.82 Å². The fourth-order valence-electron chi connectivity index (χ4n) is 2.81. The lowest BCUT2D eigenvalue weighted by molar-refractivity contribution is -0.137. The van der Waals surface area contributed by atoms with Gasteiger partial charge in [0.2, 0.25) is 0 Å². The van der Waals surface area contributed by atoms with Gasteiger partial charge in [0.15, 0.2) is 0 Å². The minimum Gasteiger partial charge on any atom is -0.399 e. The van der Waals surface area contributed by atoms with Crippen molar-refractivity contribution in [3.8, 4) is 0 Å². The van der Waals surface area contributed by atoms with Crippen LogP contribution >= 0.6 is 0 Å². The van der Waals surface area contributed by atoms with Crippen LogP contribution in [0.15, 0.2) is 36.5 Å². The van der Waals surface area contributed by atoms with Gasteiger partial charge in [0, 0.05) is 11.9 Å². The van der Waals surface area contributed by atoms with E-state index in [1.165, 1.54) is 11.6 Å². The Bertz CT molecular complexity index is 665. The molecule has 0 bridgehead atoms. The summed E-state index contributed by atoms with van der Waals surface area (Å²) in [4.78, 5) is 3.87. The van der Waals surface area contributed by atoms with Crippen molar-refractivity contribution < 1.29 is 13.2 Å². The van der Waals surface area contributed by atoms with Gasteiger partial charge in [-0.15, -0.1) is 0 Å². The van der Waals surface area contributed by atoms with Gasteiger partial charge in [0.1, 0.15) is 5.82 Å². The molecule has 1 atom stereocenters. The van der Waals surface area contributed by atoms with Crippen LogP contribution in [0.1, 0.15) is 35.6 Å². The van der Waals surface area contributed by atoms with E-state index in [4.69, 9.17) is 5.73 Å². The number of nitrogen functional groups attached to an aromatic ring is 1. The molecule has 2 aromatic rings. The smallest absolute Gasteiger partial charge is 0.399 e. The molecule has 1 aliphatic carbocycles. The molecule has 1 aromatic heterocycles. The van der Waals surface area contributed by atoms with Crippen molar-refractivity contribution in [3.63, 3.8) is 0 Å². The van der Waals surface area contributed by atoms with Gasteiger partial charge in [-0.1, -0.05) is 6.07 Å². The third-order valence-corrected chi connectivity index (χ3v) is 3.89. The van der Waals surface area contributed by atoms with Crippen LogP contribution in [0.4, 0.5) is 24.7 Å². The van der Waals surface area contributed by atoms with Gasteiger partial charge in [0.25, 0.3) is 0 Å². The highest BCUT2D eigenvalue weighted by atomic mass is 19.4. The molecule has 1 aliphatic rings. The summed E-state index contributed by atoms with van der Waals surface area (Å²) in [5.74, 6) is 0.447. The summed E-state index contributed by atoms with van der Waals surface area (Å²) >= 11 is 0. The van der Waals surface area contributed by atoms with Crippen LogP contribution in [-0.4, -0.2) is 4.98 Å². The second-order valence-corrected chi connectivity index (χ2v) is 5.48. The number of benzene rings is 1. The van der Waals surface area contributed by atoms with E-state index < -0.39 is 11.7 Å². The normalized spacial score (nSPS) is 17.9. The molecule has 0 radical (unpaired) electrons. The van der Waals surface area contributed by atoms with Crippen LogP contribution in [0.3, 0.4) is 0 Å². The molecule has 0 aliphatic heterocycles. The van der Waals surface area contributed by atoms with Gasteiger partial charge in [0.05, 0.1) is 11.6 Å². The van der Waals surface area contributed by atoms with Crippen molar-refractivity contribution in [1.82, 2.24) is 4.98 Å². The van der Waals surface area contributed by atoms with Crippen LogP contribution in [0.2, 0.25) is 0 Å². The van der Waals surface area contributed by atoms with E-state index in [9.17, 15) is 13.2 Å². The molecule has 3 N–H and O–H groups in total. The third-order valence-electron chi connectivity index (χ3n) is 3.89. The Morgan fingerprint density at radius 2 is 2.00 bits per heavy atom. The number of hydrogen-bond donors (Lipinski definition) is 2. The molecular formula is C16H16F3N3. The average molecular weight is 307 g/mol. The lowest BCUT2D eigenvalue weighted by atomic mass is 9.87. The number of halogens is 3. The molecule has 1 aromatic carbocycles. The highest BCUT2D eigenvalue weighted by molar-refractivity contribution is 5.49. The Morgan fingerprint density at radius 1 is 1.18 bits per heavy atom. The predicted octanol–water partition coefficient (Wildman–Crippen LogP) is 4.17. The number of nitrogens with one attached hydrogen (secondary N) is 1. The Hall–Kier alpha value is -2.24. The monoisotopic (exact) mass is 307 g/mol. The first-order chi connectivity index (χ1) is 10.4. The molecule has 22 heavy (non-hydrogen) atoms. The fraction of sp³-hybridized carbons (Fsp3) is 0.312. The topological polar surface area (TPSA) is 50.9 Å². The first-order valence-corrected chi connectivity index (χ1v) is 7.11. The molecule has 0 saturated heterocycles. The highest BCUT2D eigenvalue weighted by Crippen LogP contribution is 2.34. The average Bonchev–Trinajstić information content (AvgIpc) is 2.47. The quantitative estimate of drug-likeness (QED) is 0.819. The Balaban J connectivity index is 1.80. The molecule has 0 saturated carbocycles. The van der Waals surface area contributed by atoms with Gasteiger partial charge >= 0.3 is 6.18 Å². The molecule has 0 amide bonds. The number of nitrogens with zero attached hydrogens (tertiary/aromatic N) is 1. The minimum atomic E-state index is -4.36. The summed E-state index contributed by atoms with van der Waals surface area (Å²) in [6.07, 6.45) is -0.608. The van der Waals surface area contributed by atoms with Crippen LogP contribution in [-0.2, 0) is 12.6 Å². The molecule has 3 nitrogen and oxygen atoms in total. The van der Waals surface area contributed by atoms with Crippen molar-refractivity contribution >= 4 is 11.5 Å². The van der Waals surface area contributed by atoms with E-state index >= 15 is 0 Å². The fourth-order valence-corrected chi connectivity index (χ4v) is 2.81. The third kappa shape index (κ3) is 3.00. The van der Waals surface area contributed by atoms with E-state index in [1.807, 2.05) is 18.2 Å². The van der Waals surface area contributed by atoms with Gasteiger partial charge in [-0.3, -0.25) is 0 Å². The summed E-state index contributed by atoms with van der Waals surface area (Å²) < 4.78 is 37.6. The zero-order chi connectivity index (χ0) is 15.7. The second kappa shape index (κ2) is 5.51. The zero-order valence-electron chi connectivity index (χ0n) is 11.8. The van der Waals surface area contributed by atoms with Crippen molar-refractivity contribution in [1.29, 1.82) is 0 Å². The van der Waals surface area contributed by atoms with Crippen molar-refractivity contribution in [2.45, 2.75) is 31.5 Å². The molecule has 3 rings (SSSR count). The van der Waals surface area contributed by atoms with Gasteiger partial charge in [-0.25, -0.2) is 4.98 Å². The summed E-state index contributed by atoms with van der Waals surface area (Å²) in [5.41, 5.74) is 8.12. The number of fused-ring (bicyclic) bond motifs is 1. The number of alkyl halides is 3. The Labute approximate surface area is 126 Å². The number of hydrogen-bond acceptors (Lipinski definition) is 3. The summed E-state index contributed by atoms with van der Waals surface area (Å²) in [6, 6.07) is 8.25. The summed E-state index contributed by atoms with van der Waals surface area (Å²) in [6.45, 7) is 0. The standard InChI is InChI=1S/C16H16F3N3/c17-16(18,19)11-4-7-15(21-9-11)22-14-3-1-2-10-8-12(20)5-6-13(10)14/h4-9,14H,1-3,20H2,(H,21,22). The second-order valence-electron chi connectivity index (χ2n) is 5.48. The summed E-state index contributed by atoms with van der Waals surface area (Å²) in [7, 11) is 0. The number of rotatable bonds is 2. The largest absolute Gasteiger partial charge is 0.417 e. The first kappa shape index (κ1) is 14.7. The van der Waals surface area contributed by atoms with Crippen LogP contribution < -0.4 is 11.1 Å². The van der Waals surface area contributed by atoms with Crippen LogP contribution in [0.25, 0.3) is 0 Å². The molecular weight excluding hydrogens is 291 g/mol. The number of aromatic nitrogens is 1. The number of pyridine rings is 1. The predicted molar refractivity (Wildman–Crippen MR) is 79.4 cm³/mol. The lowest BCUT2D eigenvalue weighted by Gasteiger charge is -2.27. The molecule has 0 spiro atoms. The Morgan fingerprint density at radius 3 is 2.68 bits per heavy atom. The van der Waals surface area contributed by atoms with E-state index in [2.05, 4.69) is 10.3 Å². The van der Waals surface area contributed by atoms with Gasteiger partial charge in [-0.05, 0) is 54.7 Å². The number of aryl methyl sites for hydroxylation is 1. The minimum absolute atomic E-state index is 0.0496. The highest BCUT2D eigenvalue weighted by Gasteiger charge is 2.30. The maximum atomic E-state index is 12.5. The lowest BCUT2D eigenvalue weighted by Crippen LogP contribution is -2.18.